The fraction of sp³-hybridized carbons (Fsp3) is 0.588. The van der Waals surface area contributed by atoms with Gasteiger partial charge in [-0.25, -0.2) is 4.79 Å². The highest BCUT2D eigenvalue weighted by molar-refractivity contribution is 5.68. The summed E-state index contributed by atoms with van der Waals surface area (Å²) in [5.41, 5.74) is -0.893. The maximum absolute atomic E-state index is 12.6. The molecule has 0 unspecified atom stereocenters. The van der Waals surface area contributed by atoms with E-state index in [0.29, 0.717) is 12.0 Å². The summed E-state index contributed by atoms with van der Waals surface area (Å²) in [6, 6.07) is 4.13. The summed E-state index contributed by atoms with van der Waals surface area (Å²) < 4.78 is 43.1. The molecule has 0 heterocycles. The maximum Gasteiger partial charge on any atom is 0.416 e. The lowest BCUT2D eigenvalue weighted by atomic mass is 9.90. The molecule has 24 heavy (non-hydrogen) atoms. The van der Waals surface area contributed by atoms with Gasteiger partial charge in [0, 0.05) is 12.0 Å². The van der Waals surface area contributed by atoms with Gasteiger partial charge in [0.2, 0.25) is 0 Å². The van der Waals surface area contributed by atoms with Gasteiger partial charge in [0.25, 0.3) is 0 Å². The molecular formula is C17H24F3NO3. The number of nitrogens with one attached hydrogen (secondary N) is 1. The number of halogens is 3. The minimum atomic E-state index is -4.41. The average molecular weight is 347 g/mol. The molecule has 4 nitrogen and oxygen atoms in total. The van der Waals surface area contributed by atoms with Crippen molar-refractivity contribution in [3.05, 3.63) is 35.4 Å². The fourth-order valence-electron chi connectivity index (χ4n) is 2.33. The number of carbonyl (C=O) groups is 1. The first kappa shape index (κ1) is 20.3. The molecule has 0 bridgehead atoms. The van der Waals surface area contributed by atoms with E-state index in [1.807, 2.05) is 6.92 Å². The van der Waals surface area contributed by atoms with Crippen molar-refractivity contribution >= 4 is 6.09 Å². The van der Waals surface area contributed by atoms with E-state index in [1.54, 1.807) is 20.8 Å². The first-order chi connectivity index (χ1) is 11.0. The molecular weight excluding hydrogens is 323 g/mol. The highest BCUT2D eigenvalue weighted by atomic mass is 19.4. The predicted octanol–water partition coefficient (Wildman–Crippen LogP) is 4.08. The Hall–Kier alpha value is -1.76. The quantitative estimate of drug-likeness (QED) is 0.844. The van der Waals surface area contributed by atoms with Crippen LogP contribution in [0.5, 0.6) is 0 Å². The highest BCUT2D eigenvalue weighted by Crippen LogP contribution is 2.31. The van der Waals surface area contributed by atoms with Crippen molar-refractivity contribution in [1.82, 2.24) is 5.32 Å². The number of amides is 1. The molecule has 0 aliphatic heterocycles. The Morgan fingerprint density at radius 2 is 1.75 bits per heavy atom. The molecule has 2 N–H and O–H groups in total. The zero-order valence-corrected chi connectivity index (χ0v) is 14.3. The Balaban J connectivity index is 2.90. The van der Waals surface area contributed by atoms with Gasteiger partial charge >= 0.3 is 12.3 Å². The van der Waals surface area contributed by atoms with Gasteiger partial charge in [0.15, 0.2) is 0 Å². The van der Waals surface area contributed by atoms with Gasteiger partial charge in [-0.2, -0.15) is 13.2 Å². The molecule has 1 rings (SSSR count). The van der Waals surface area contributed by atoms with Crippen LogP contribution in [0.25, 0.3) is 0 Å². The van der Waals surface area contributed by atoms with Crippen LogP contribution in [0.2, 0.25) is 0 Å². The Morgan fingerprint density at radius 3 is 2.12 bits per heavy atom. The summed E-state index contributed by atoms with van der Waals surface area (Å²) in [4.78, 5) is 11.9. The minimum absolute atomic E-state index is 0.306. The molecule has 136 valence electrons. The molecule has 0 aliphatic rings. The lowest BCUT2D eigenvalue weighted by Gasteiger charge is -2.28. The van der Waals surface area contributed by atoms with E-state index in [0.717, 1.165) is 12.1 Å². The molecule has 0 saturated carbocycles. The summed E-state index contributed by atoms with van der Waals surface area (Å²) in [6.07, 6.45) is -4.54. The summed E-state index contributed by atoms with van der Waals surface area (Å²) >= 11 is 0. The SMILES string of the molecule is CC[C@@H](NC(=O)OC(C)(C)C)[C@@H](CO)c1ccc(C(F)(F)F)cc1. The fourth-order valence-corrected chi connectivity index (χ4v) is 2.33. The molecule has 7 heteroatoms. The number of alkyl carbamates (subject to hydrolysis) is 1. The zero-order chi connectivity index (χ0) is 18.5. The van der Waals surface area contributed by atoms with Gasteiger partial charge in [-0.05, 0) is 44.9 Å². The number of hydrogen-bond donors (Lipinski definition) is 2. The number of carbonyl (C=O) groups excluding carboxylic acids is 1. The lowest BCUT2D eigenvalue weighted by Crippen LogP contribution is -2.42. The number of aliphatic hydroxyl groups excluding tert-OH is 1. The smallest absolute Gasteiger partial charge is 0.416 e. The largest absolute Gasteiger partial charge is 0.444 e. The standard InChI is InChI=1S/C17H24F3NO3/c1-5-14(21-15(23)24-16(2,3)4)13(10-22)11-6-8-12(9-7-11)17(18,19)20/h6-9,13-14,22H,5,10H2,1-4H3,(H,21,23)/t13-,14+/m0/s1. The van der Waals surface area contributed by atoms with Crippen LogP contribution < -0.4 is 5.32 Å². The second-order valence-corrected chi connectivity index (χ2v) is 6.57. The minimum Gasteiger partial charge on any atom is -0.444 e. The molecule has 0 radical (unpaired) electrons. The van der Waals surface area contributed by atoms with E-state index in [2.05, 4.69) is 5.32 Å². The van der Waals surface area contributed by atoms with Crippen molar-refractivity contribution in [3.8, 4) is 0 Å². The van der Waals surface area contributed by atoms with Crippen LogP contribution in [0.15, 0.2) is 24.3 Å². The number of benzene rings is 1. The van der Waals surface area contributed by atoms with E-state index in [9.17, 15) is 23.1 Å². The van der Waals surface area contributed by atoms with Crippen molar-refractivity contribution < 1.29 is 27.8 Å². The third kappa shape index (κ3) is 6.03. The first-order valence-electron chi connectivity index (χ1n) is 7.75. The Bertz CT molecular complexity index is 535. The number of rotatable bonds is 5. The van der Waals surface area contributed by atoms with Crippen LogP contribution in [0.4, 0.5) is 18.0 Å². The van der Waals surface area contributed by atoms with Crippen molar-refractivity contribution in [2.75, 3.05) is 6.61 Å². The zero-order valence-electron chi connectivity index (χ0n) is 14.3. The molecule has 1 aromatic carbocycles. The first-order valence-corrected chi connectivity index (χ1v) is 7.75. The topological polar surface area (TPSA) is 58.6 Å². The second kappa shape index (κ2) is 7.88. The van der Waals surface area contributed by atoms with E-state index in [1.165, 1.54) is 12.1 Å². The van der Waals surface area contributed by atoms with Gasteiger partial charge in [-0.15, -0.1) is 0 Å². The molecule has 1 amide bonds. The molecule has 1 aromatic rings. The van der Waals surface area contributed by atoms with E-state index in [4.69, 9.17) is 4.74 Å². The number of aliphatic hydroxyl groups is 1. The summed E-state index contributed by atoms with van der Waals surface area (Å²) in [5, 5.41) is 12.3. The number of alkyl halides is 3. The summed E-state index contributed by atoms with van der Waals surface area (Å²) in [5.74, 6) is -0.523. The van der Waals surface area contributed by atoms with Crippen LogP contribution in [-0.2, 0) is 10.9 Å². The molecule has 2 atom stereocenters. The van der Waals surface area contributed by atoms with E-state index < -0.39 is 35.4 Å². The number of ether oxygens (including phenoxy) is 1. The van der Waals surface area contributed by atoms with Gasteiger partial charge in [-0.1, -0.05) is 19.1 Å². The van der Waals surface area contributed by atoms with E-state index in [-0.39, 0.29) is 6.61 Å². The van der Waals surface area contributed by atoms with E-state index >= 15 is 0 Å². The molecule has 0 aliphatic carbocycles. The monoisotopic (exact) mass is 347 g/mol. The third-order valence-corrected chi connectivity index (χ3v) is 3.49. The normalized spacial score (nSPS) is 14.8. The molecule has 0 fully saturated rings. The summed E-state index contributed by atoms with van der Waals surface area (Å²) in [6.45, 7) is 6.70. The molecule has 0 saturated heterocycles. The van der Waals surface area contributed by atoms with Crippen LogP contribution in [0.1, 0.15) is 51.2 Å². The maximum atomic E-state index is 12.6. The lowest BCUT2D eigenvalue weighted by molar-refractivity contribution is -0.137. The van der Waals surface area contributed by atoms with Crippen molar-refractivity contribution in [2.45, 2.75) is 57.9 Å². The van der Waals surface area contributed by atoms with Crippen LogP contribution >= 0.6 is 0 Å². The van der Waals surface area contributed by atoms with Crippen molar-refractivity contribution in [2.24, 2.45) is 0 Å². The van der Waals surface area contributed by atoms with Gasteiger partial charge in [-0.3, -0.25) is 0 Å². The van der Waals surface area contributed by atoms with Gasteiger partial charge in [0.1, 0.15) is 5.60 Å². The predicted molar refractivity (Wildman–Crippen MR) is 84.7 cm³/mol. The second-order valence-electron chi connectivity index (χ2n) is 6.57. The van der Waals surface area contributed by atoms with Crippen LogP contribution in [0.3, 0.4) is 0 Å². The highest BCUT2D eigenvalue weighted by Gasteiger charge is 2.31. The number of hydrogen-bond acceptors (Lipinski definition) is 3. The average Bonchev–Trinajstić information content (AvgIpc) is 2.44. The Kier molecular flexibility index (Phi) is 6.66. The Labute approximate surface area is 140 Å². The van der Waals surface area contributed by atoms with Crippen molar-refractivity contribution in [1.29, 1.82) is 0 Å². The Morgan fingerprint density at radius 1 is 1.21 bits per heavy atom. The van der Waals surface area contributed by atoms with Crippen LogP contribution in [-0.4, -0.2) is 29.4 Å². The van der Waals surface area contributed by atoms with Crippen LogP contribution in [0, 0.1) is 0 Å². The van der Waals surface area contributed by atoms with Gasteiger partial charge < -0.3 is 15.2 Å². The summed E-state index contributed by atoms with van der Waals surface area (Å²) in [7, 11) is 0. The third-order valence-electron chi connectivity index (χ3n) is 3.49. The van der Waals surface area contributed by atoms with Gasteiger partial charge in [0.05, 0.1) is 12.2 Å². The van der Waals surface area contributed by atoms with Crippen molar-refractivity contribution in [3.63, 3.8) is 0 Å². The molecule has 0 spiro atoms. The molecule has 0 aromatic heterocycles.